The van der Waals surface area contributed by atoms with Crippen LogP contribution >= 0.6 is 0 Å². The van der Waals surface area contributed by atoms with Gasteiger partial charge in [-0.3, -0.25) is 4.79 Å². The third kappa shape index (κ3) is 9.30. The molecule has 3 unspecified atom stereocenters. The Morgan fingerprint density at radius 3 is 2.07 bits per heavy atom. The van der Waals surface area contributed by atoms with E-state index in [1.165, 1.54) is 6.42 Å². The minimum Gasteiger partial charge on any atom is -0.453 e. The van der Waals surface area contributed by atoms with E-state index in [1.807, 2.05) is 54.5 Å². The van der Waals surface area contributed by atoms with Crippen molar-refractivity contribution < 1.29 is 23.8 Å². The molecule has 0 aromatic rings. The van der Waals surface area contributed by atoms with Crippen LogP contribution in [0.15, 0.2) is 12.2 Å². The summed E-state index contributed by atoms with van der Waals surface area (Å²) in [6.07, 6.45) is 7.72. The predicted molar refractivity (Wildman–Crippen MR) is 123 cm³/mol. The standard InChI is InChI=1S/C25H46O5/c1-11-13-15-17-21(16-14-12-2)30-25(9,10)24(7,8)22(26)19(5)29-23(27)20(6)28-18(3)4/h12,14,18-21H,11,13,15-17H2,1-10H3. The van der Waals surface area contributed by atoms with Crippen molar-refractivity contribution in [2.45, 2.75) is 131 Å². The number of carbonyl (C=O) groups is 2. The fraction of sp³-hybridized carbons (Fsp3) is 0.840. The van der Waals surface area contributed by atoms with Crippen molar-refractivity contribution in [3.8, 4) is 0 Å². The van der Waals surface area contributed by atoms with Crippen LogP contribution in [-0.4, -0.2) is 41.8 Å². The maximum absolute atomic E-state index is 13.2. The highest BCUT2D eigenvalue weighted by molar-refractivity contribution is 5.91. The van der Waals surface area contributed by atoms with Gasteiger partial charge in [0.25, 0.3) is 0 Å². The average molecular weight is 427 g/mol. The Labute approximate surface area is 184 Å². The number of Topliss-reactive ketones (excluding diaryl/α,β-unsaturated/α-hetero) is 1. The van der Waals surface area contributed by atoms with Gasteiger partial charge in [-0.1, -0.05) is 38.3 Å². The smallest absolute Gasteiger partial charge is 0.335 e. The highest BCUT2D eigenvalue weighted by atomic mass is 16.6. The van der Waals surface area contributed by atoms with Crippen molar-refractivity contribution in [2.24, 2.45) is 5.41 Å². The van der Waals surface area contributed by atoms with Crippen LogP contribution in [0.4, 0.5) is 0 Å². The molecule has 0 bridgehead atoms. The molecular weight excluding hydrogens is 380 g/mol. The van der Waals surface area contributed by atoms with Gasteiger partial charge in [0.15, 0.2) is 18.0 Å². The van der Waals surface area contributed by atoms with Gasteiger partial charge in [0.1, 0.15) is 0 Å². The van der Waals surface area contributed by atoms with E-state index in [4.69, 9.17) is 14.2 Å². The van der Waals surface area contributed by atoms with Gasteiger partial charge in [0.2, 0.25) is 0 Å². The first-order valence-corrected chi connectivity index (χ1v) is 11.5. The molecule has 5 heteroatoms. The third-order valence-corrected chi connectivity index (χ3v) is 5.82. The number of hydrogen-bond donors (Lipinski definition) is 0. The molecule has 0 aromatic heterocycles. The van der Waals surface area contributed by atoms with Gasteiger partial charge in [0.05, 0.1) is 23.2 Å². The van der Waals surface area contributed by atoms with E-state index in [0.717, 1.165) is 25.7 Å². The lowest BCUT2D eigenvalue weighted by atomic mass is 9.72. The second kappa shape index (κ2) is 13.3. The van der Waals surface area contributed by atoms with Gasteiger partial charge >= 0.3 is 5.97 Å². The van der Waals surface area contributed by atoms with Gasteiger partial charge in [-0.2, -0.15) is 0 Å². The maximum atomic E-state index is 13.2. The number of carbonyl (C=O) groups excluding carboxylic acids is 2. The lowest BCUT2D eigenvalue weighted by molar-refractivity contribution is -0.179. The van der Waals surface area contributed by atoms with E-state index in [9.17, 15) is 9.59 Å². The molecule has 0 spiro atoms. The molecule has 0 aliphatic heterocycles. The summed E-state index contributed by atoms with van der Waals surface area (Å²) in [5.41, 5.74) is -1.56. The van der Waals surface area contributed by atoms with Crippen molar-refractivity contribution in [1.82, 2.24) is 0 Å². The summed E-state index contributed by atoms with van der Waals surface area (Å²) in [6.45, 7) is 18.8. The van der Waals surface area contributed by atoms with E-state index in [-0.39, 0.29) is 18.0 Å². The first-order chi connectivity index (χ1) is 13.8. The first kappa shape index (κ1) is 28.8. The highest BCUT2D eigenvalue weighted by Gasteiger charge is 2.47. The predicted octanol–water partition coefficient (Wildman–Crippen LogP) is 6.04. The van der Waals surface area contributed by atoms with Crippen LogP contribution in [0.5, 0.6) is 0 Å². The molecule has 3 atom stereocenters. The van der Waals surface area contributed by atoms with Crippen LogP contribution in [0, 0.1) is 5.41 Å². The molecule has 0 saturated heterocycles. The van der Waals surface area contributed by atoms with E-state index >= 15 is 0 Å². The summed E-state index contributed by atoms with van der Waals surface area (Å²) in [6, 6.07) is 0. The second-order valence-electron chi connectivity index (χ2n) is 9.45. The Hall–Kier alpha value is -1.20. The van der Waals surface area contributed by atoms with Crippen LogP contribution in [0.3, 0.4) is 0 Å². The Morgan fingerprint density at radius 2 is 1.57 bits per heavy atom. The van der Waals surface area contributed by atoms with Crippen molar-refractivity contribution in [3.63, 3.8) is 0 Å². The van der Waals surface area contributed by atoms with E-state index in [1.54, 1.807) is 13.8 Å². The van der Waals surface area contributed by atoms with Crippen molar-refractivity contribution >= 4 is 11.8 Å². The molecule has 5 nitrogen and oxygen atoms in total. The highest BCUT2D eigenvalue weighted by Crippen LogP contribution is 2.38. The van der Waals surface area contributed by atoms with Crippen molar-refractivity contribution in [3.05, 3.63) is 12.2 Å². The Morgan fingerprint density at radius 1 is 0.967 bits per heavy atom. The SMILES string of the molecule is CC=CCC(CCCCC)OC(C)(C)C(C)(C)C(=O)C(C)OC(=O)C(C)OC(C)C. The van der Waals surface area contributed by atoms with Gasteiger partial charge in [0, 0.05) is 0 Å². The number of rotatable bonds is 15. The molecule has 0 radical (unpaired) electrons. The summed E-state index contributed by atoms with van der Waals surface area (Å²) < 4.78 is 17.4. The Bertz CT molecular complexity index is 548. The minimum absolute atomic E-state index is 0.0483. The molecule has 0 aliphatic rings. The lowest BCUT2D eigenvalue weighted by Gasteiger charge is -2.43. The fourth-order valence-electron chi connectivity index (χ4n) is 3.29. The monoisotopic (exact) mass is 426 g/mol. The molecule has 0 aromatic carbocycles. The molecule has 0 N–H and O–H groups in total. The zero-order valence-electron chi connectivity index (χ0n) is 21.0. The number of unbranched alkanes of at least 4 members (excludes halogenated alkanes) is 2. The van der Waals surface area contributed by atoms with Crippen molar-refractivity contribution in [2.75, 3.05) is 0 Å². The summed E-state index contributed by atoms with van der Waals surface area (Å²) in [5, 5.41) is 0. The number of ketones is 1. The van der Waals surface area contributed by atoms with Crippen LogP contribution in [0.25, 0.3) is 0 Å². The molecule has 176 valence electrons. The first-order valence-electron chi connectivity index (χ1n) is 11.5. The van der Waals surface area contributed by atoms with Crippen LogP contribution in [0.2, 0.25) is 0 Å². The molecule has 0 heterocycles. The van der Waals surface area contributed by atoms with Gasteiger partial charge in [-0.05, 0) is 75.2 Å². The van der Waals surface area contributed by atoms with Gasteiger partial charge in [-0.25, -0.2) is 4.79 Å². The zero-order valence-corrected chi connectivity index (χ0v) is 21.0. The zero-order chi connectivity index (χ0) is 23.5. The maximum Gasteiger partial charge on any atom is 0.335 e. The molecule has 0 saturated carbocycles. The number of allylic oxidation sites excluding steroid dienone is 1. The Balaban J connectivity index is 5.22. The summed E-state index contributed by atoms with van der Waals surface area (Å²) in [5.74, 6) is -0.680. The number of ether oxygens (including phenoxy) is 3. The summed E-state index contributed by atoms with van der Waals surface area (Å²) >= 11 is 0. The second-order valence-corrected chi connectivity index (χ2v) is 9.45. The molecule has 0 amide bonds. The largest absolute Gasteiger partial charge is 0.453 e. The Kier molecular flexibility index (Phi) is 12.7. The van der Waals surface area contributed by atoms with E-state index in [2.05, 4.69) is 13.0 Å². The quantitative estimate of drug-likeness (QED) is 0.181. The molecular formula is C25H46O5. The molecule has 0 fully saturated rings. The van der Waals surface area contributed by atoms with Crippen molar-refractivity contribution in [1.29, 1.82) is 0 Å². The number of esters is 1. The van der Waals surface area contributed by atoms with Crippen LogP contribution in [0.1, 0.15) is 101 Å². The fourth-order valence-corrected chi connectivity index (χ4v) is 3.29. The van der Waals surface area contributed by atoms with Gasteiger partial charge < -0.3 is 14.2 Å². The van der Waals surface area contributed by atoms with E-state index in [0.29, 0.717) is 0 Å². The summed E-state index contributed by atoms with van der Waals surface area (Å²) in [7, 11) is 0. The molecule has 30 heavy (non-hydrogen) atoms. The topological polar surface area (TPSA) is 61.8 Å². The van der Waals surface area contributed by atoms with Crippen LogP contribution < -0.4 is 0 Å². The molecule has 0 aliphatic carbocycles. The third-order valence-electron chi connectivity index (χ3n) is 5.82. The van der Waals surface area contributed by atoms with E-state index < -0.39 is 29.2 Å². The number of hydrogen-bond acceptors (Lipinski definition) is 5. The summed E-state index contributed by atoms with van der Waals surface area (Å²) in [4.78, 5) is 25.5. The van der Waals surface area contributed by atoms with Crippen LogP contribution in [-0.2, 0) is 23.8 Å². The van der Waals surface area contributed by atoms with Gasteiger partial charge in [-0.15, -0.1) is 0 Å². The average Bonchev–Trinajstić information content (AvgIpc) is 2.64. The molecule has 0 rings (SSSR count). The normalized spacial score (nSPS) is 16.0. The minimum atomic E-state index is -0.873. The lowest BCUT2D eigenvalue weighted by Crippen LogP contribution is -2.52.